The summed E-state index contributed by atoms with van der Waals surface area (Å²) in [6.45, 7) is 0.114. The molecule has 4 rings (SSSR count). The highest BCUT2D eigenvalue weighted by Crippen LogP contribution is 2.34. The fraction of sp³-hybridized carbons (Fsp3) is 0.0870. The van der Waals surface area contributed by atoms with Gasteiger partial charge < -0.3 is 14.5 Å². The largest absolute Gasteiger partial charge is 0.496 e. The van der Waals surface area contributed by atoms with Crippen LogP contribution in [0.3, 0.4) is 0 Å². The second-order valence-electron chi connectivity index (χ2n) is 6.53. The number of ether oxygens (including phenoxy) is 2. The first-order valence-corrected chi connectivity index (χ1v) is 10.3. The van der Waals surface area contributed by atoms with Gasteiger partial charge in [0.2, 0.25) is 0 Å². The maximum absolute atomic E-state index is 14.0. The van der Waals surface area contributed by atoms with Crippen molar-refractivity contribution in [3.05, 3.63) is 87.7 Å². The van der Waals surface area contributed by atoms with Crippen molar-refractivity contribution in [2.24, 2.45) is 0 Å². The normalized spacial score (nSPS) is 10.8. The van der Waals surface area contributed by atoms with E-state index >= 15 is 0 Å². The van der Waals surface area contributed by atoms with Crippen LogP contribution < -0.4 is 9.47 Å². The third kappa shape index (κ3) is 4.50. The van der Waals surface area contributed by atoms with Crippen molar-refractivity contribution in [1.82, 2.24) is 9.97 Å². The number of benzene rings is 3. The van der Waals surface area contributed by atoms with Gasteiger partial charge in [0.25, 0.3) is 0 Å². The van der Waals surface area contributed by atoms with Crippen molar-refractivity contribution in [2.75, 3.05) is 7.11 Å². The number of aromatic amines is 1. The van der Waals surface area contributed by atoms with Crippen LogP contribution in [0, 0.1) is 5.82 Å². The van der Waals surface area contributed by atoms with Gasteiger partial charge in [-0.15, -0.1) is 0 Å². The average Bonchev–Trinajstić information content (AvgIpc) is 3.23. The summed E-state index contributed by atoms with van der Waals surface area (Å²) in [5.74, 6) is 1.56. The van der Waals surface area contributed by atoms with Gasteiger partial charge >= 0.3 is 0 Å². The van der Waals surface area contributed by atoms with Crippen molar-refractivity contribution >= 4 is 27.5 Å². The third-order valence-electron chi connectivity index (χ3n) is 4.53. The van der Waals surface area contributed by atoms with E-state index in [0.29, 0.717) is 32.4 Å². The number of nitrogens with zero attached hydrogens (tertiary/aromatic N) is 1. The summed E-state index contributed by atoms with van der Waals surface area (Å²) >= 11 is 9.32. The molecule has 30 heavy (non-hydrogen) atoms. The van der Waals surface area contributed by atoms with Gasteiger partial charge in [0.15, 0.2) is 0 Å². The highest BCUT2D eigenvalue weighted by Gasteiger charge is 2.13. The Morgan fingerprint density at radius 2 is 1.97 bits per heavy atom. The van der Waals surface area contributed by atoms with E-state index in [0.717, 1.165) is 16.8 Å². The maximum Gasteiger partial charge on any atom is 0.138 e. The van der Waals surface area contributed by atoms with Crippen molar-refractivity contribution in [3.63, 3.8) is 0 Å². The van der Waals surface area contributed by atoms with Gasteiger partial charge in [-0.25, -0.2) is 9.37 Å². The molecule has 0 unspecified atom stereocenters. The van der Waals surface area contributed by atoms with Crippen molar-refractivity contribution < 1.29 is 13.9 Å². The molecule has 0 fully saturated rings. The Balaban J connectivity index is 1.55. The lowest BCUT2D eigenvalue weighted by atomic mass is 10.1. The summed E-state index contributed by atoms with van der Waals surface area (Å²) in [6, 6.07) is 17.8. The zero-order chi connectivity index (χ0) is 21.1. The maximum atomic E-state index is 14.0. The number of aromatic nitrogens is 2. The lowest BCUT2D eigenvalue weighted by molar-refractivity contribution is 0.297. The molecule has 152 valence electrons. The third-order valence-corrected chi connectivity index (χ3v) is 5.26. The first-order chi connectivity index (χ1) is 14.5. The fourth-order valence-electron chi connectivity index (χ4n) is 3.02. The second-order valence-corrected chi connectivity index (χ2v) is 7.88. The van der Waals surface area contributed by atoms with E-state index in [9.17, 15) is 4.39 Å². The molecular weight excluding hydrogens is 471 g/mol. The minimum atomic E-state index is -0.321. The van der Waals surface area contributed by atoms with Crippen LogP contribution in [0.25, 0.3) is 22.6 Å². The SMILES string of the molecule is COc1cc(OCc2ccc(Br)cc2F)ccc1-c1c[nH]c(-c2cccc(Cl)c2)n1. The number of halogens is 3. The second kappa shape index (κ2) is 8.90. The molecule has 4 nitrogen and oxygen atoms in total. The van der Waals surface area contributed by atoms with Gasteiger partial charge in [0.1, 0.15) is 29.7 Å². The predicted octanol–water partition coefficient (Wildman–Crippen LogP) is 6.89. The zero-order valence-corrected chi connectivity index (χ0v) is 18.3. The molecule has 0 bridgehead atoms. The van der Waals surface area contributed by atoms with Gasteiger partial charge in [-0.1, -0.05) is 45.7 Å². The Bertz CT molecular complexity index is 1200. The quantitative estimate of drug-likeness (QED) is 0.322. The van der Waals surface area contributed by atoms with Gasteiger partial charge in [-0.05, 0) is 36.4 Å². The van der Waals surface area contributed by atoms with Crippen molar-refractivity contribution in [1.29, 1.82) is 0 Å². The minimum absolute atomic E-state index is 0.114. The van der Waals surface area contributed by atoms with E-state index in [1.54, 1.807) is 25.3 Å². The van der Waals surface area contributed by atoms with E-state index in [1.165, 1.54) is 6.07 Å². The summed E-state index contributed by atoms with van der Waals surface area (Å²) in [5, 5.41) is 0.645. The Morgan fingerprint density at radius 1 is 1.10 bits per heavy atom. The predicted molar refractivity (Wildman–Crippen MR) is 119 cm³/mol. The summed E-state index contributed by atoms with van der Waals surface area (Å²) in [5.41, 5.74) is 2.90. The van der Waals surface area contributed by atoms with Gasteiger partial charge in [-0.2, -0.15) is 0 Å². The molecule has 0 aliphatic rings. The molecule has 0 atom stereocenters. The average molecular weight is 488 g/mol. The molecule has 7 heteroatoms. The smallest absolute Gasteiger partial charge is 0.138 e. The molecule has 0 saturated carbocycles. The summed E-state index contributed by atoms with van der Waals surface area (Å²) in [4.78, 5) is 7.82. The standard InChI is InChI=1S/C23H17BrClFN2O2/c1-29-22-11-18(30-13-15-5-6-16(24)10-20(15)26)7-8-19(22)21-12-27-23(28-21)14-3-2-4-17(25)9-14/h2-12H,13H2,1H3,(H,27,28). The summed E-state index contributed by atoms with van der Waals surface area (Å²) in [6.07, 6.45) is 1.81. The first-order valence-electron chi connectivity index (χ1n) is 9.10. The number of rotatable bonds is 6. The van der Waals surface area contributed by atoms with Crippen LogP contribution in [0.1, 0.15) is 5.56 Å². The van der Waals surface area contributed by atoms with E-state index in [2.05, 4.69) is 25.9 Å². The van der Waals surface area contributed by atoms with Crippen LogP contribution in [0.5, 0.6) is 11.5 Å². The Hall–Kier alpha value is -2.83. The monoisotopic (exact) mass is 486 g/mol. The highest BCUT2D eigenvalue weighted by atomic mass is 79.9. The molecule has 1 heterocycles. The fourth-order valence-corrected chi connectivity index (χ4v) is 3.54. The highest BCUT2D eigenvalue weighted by molar-refractivity contribution is 9.10. The molecule has 0 saturated heterocycles. The molecule has 0 spiro atoms. The van der Waals surface area contributed by atoms with E-state index < -0.39 is 0 Å². The van der Waals surface area contributed by atoms with Gasteiger partial charge in [0, 0.05) is 38.4 Å². The lowest BCUT2D eigenvalue weighted by Crippen LogP contribution is -1.99. The van der Waals surface area contributed by atoms with Crippen LogP contribution in [0.2, 0.25) is 5.02 Å². The number of imidazole rings is 1. The van der Waals surface area contributed by atoms with Crippen molar-refractivity contribution in [2.45, 2.75) is 6.61 Å². The Labute approximate surface area is 186 Å². The first kappa shape index (κ1) is 20.4. The van der Waals surface area contributed by atoms with Gasteiger partial charge in [-0.3, -0.25) is 0 Å². The number of nitrogens with one attached hydrogen (secondary N) is 1. The lowest BCUT2D eigenvalue weighted by Gasteiger charge is -2.11. The molecule has 1 aromatic heterocycles. The van der Waals surface area contributed by atoms with E-state index in [-0.39, 0.29) is 12.4 Å². The molecule has 0 aliphatic carbocycles. The summed E-state index contributed by atoms with van der Waals surface area (Å²) < 4.78 is 26.0. The van der Waals surface area contributed by atoms with Crippen molar-refractivity contribution in [3.8, 4) is 34.1 Å². The molecule has 4 aromatic rings. The minimum Gasteiger partial charge on any atom is -0.496 e. The topological polar surface area (TPSA) is 47.1 Å². The number of H-pyrrole nitrogens is 1. The number of hydrogen-bond acceptors (Lipinski definition) is 3. The molecule has 0 amide bonds. The van der Waals surface area contributed by atoms with Crippen LogP contribution in [-0.2, 0) is 6.61 Å². The number of methoxy groups -OCH3 is 1. The number of hydrogen-bond donors (Lipinski definition) is 1. The van der Waals surface area contributed by atoms with E-state index in [4.69, 9.17) is 21.1 Å². The Kier molecular flexibility index (Phi) is 6.06. The molecular formula is C23H17BrClFN2O2. The summed E-state index contributed by atoms with van der Waals surface area (Å²) in [7, 11) is 1.58. The van der Waals surface area contributed by atoms with Crippen LogP contribution in [0.4, 0.5) is 4.39 Å². The molecule has 0 aliphatic heterocycles. The van der Waals surface area contributed by atoms with Crippen LogP contribution in [-0.4, -0.2) is 17.1 Å². The molecule has 1 N–H and O–H groups in total. The molecule has 0 radical (unpaired) electrons. The van der Waals surface area contributed by atoms with Gasteiger partial charge in [0.05, 0.1) is 12.8 Å². The van der Waals surface area contributed by atoms with Crippen LogP contribution in [0.15, 0.2) is 71.3 Å². The van der Waals surface area contributed by atoms with E-state index in [1.807, 2.05) is 42.6 Å². The Morgan fingerprint density at radius 3 is 2.73 bits per heavy atom. The molecule has 3 aromatic carbocycles. The zero-order valence-electron chi connectivity index (χ0n) is 16.0. The van der Waals surface area contributed by atoms with Crippen LogP contribution >= 0.6 is 27.5 Å².